The number of hydrogen-bond acceptors (Lipinski definition) is 8. The van der Waals surface area contributed by atoms with Crippen LogP contribution < -0.4 is 10.2 Å². The first-order chi connectivity index (χ1) is 18.9. The Morgan fingerprint density at radius 1 is 1.30 bits per heavy atom. The van der Waals surface area contributed by atoms with Gasteiger partial charge >= 0.3 is 5.97 Å². The molecule has 0 aliphatic carbocycles. The second-order valence-electron chi connectivity index (χ2n) is 10.9. The second kappa shape index (κ2) is 12.6. The summed E-state index contributed by atoms with van der Waals surface area (Å²) in [4.78, 5) is 39.2. The fraction of sp³-hybridized carbons (Fsp3) is 0.520. The van der Waals surface area contributed by atoms with Gasteiger partial charge in [0.2, 0.25) is 0 Å². The van der Waals surface area contributed by atoms with Crippen molar-refractivity contribution in [1.82, 2.24) is 24.8 Å². The topological polar surface area (TPSA) is 135 Å². The average molecular weight is 630 g/mol. The minimum atomic E-state index is -1.23. The fourth-order valence-electron chi connectivity index (χ4n) is 4.38. The Kier molecular flexibility index (Phi) is 9.63. The summed E-state index contributed by atoms with van der Waals surface area (Å²) in [5.41, 5.74) is 1.11. The molecule has 0 saturated carbocycles. The van der Waals surface area contributed by atoms with Crippen LogP contribution in [-0.2, 0) is 16.2 Å². The number of aromatic carboxylic acids is 1. The minimum absolute atomic E-state index is 0.0996. The highest BCUT2D eigenvalue weighted by atomic mass is 35.5. The van der Waals surface area contributed by atoms with Gasteiger partial charge in [-0.05, 0) is 19.4 Å². The van der Waals surface area contributed by atoms with E-state index in [1.807, 2.05) is 4.90 Å². The van der Waals surface area contributed by atoms with Crippen LogP contribution in [0.15, 0.2) is 12.4 Å². The number of aromatic amines is 1. The monoisotopic (exact) mass is 628 g/mol. The standard InChI is InChI=1S/C25H34Cl2N6O5SSi/c1-14-17(26)18(27)19(29-14)23(34)30-15-6-8-32(12-16(15)37-2)25-31-20(21(39-25)24(35)36)22-28-7-9-33(22)13-38-10-11-40(3,4)5/h7,9,15-16,29H,6,8,10-13H2,1-5H3,(H,30,34)(H,35,36)/t15-,16+/m1/s1. The van der Waals surface area contributed by atoms with Gasteiger partial charge in [-0.2, -0.15) is 0 Å². The summed E-state index contributed by atoms with van der Waals surface area (Å²) in [6.07, 6.45) is 3.55. The third-order valence-electron chi connectivity index (χ3n) is 6.69. The molecule has 15 heteroatoms. The van der Waals surface area contributed by atoms with Crippen LogP contribution in [-0.4, -0.2) is 83.5 Å². The Bertz CT molecular complexity index is 1370. The van der Waals surface area contributed by atoms with E-state index in [0.717, 1.165) is 17.4 Å². The van der Waals surface area contributed by atoms with E-state index in [1.165, 1.54) is 0 Å². The summed E-state index contributed by atoms with van der Waals surface area (Å²) in [5.74, 6) is -1.01. The van der Waals surface area contributed by atoms with Crippen molar-refractivity contribution in [3.63, 3.8) is 0 Å². The number of carboxylic acids is 1. The molecule has 3 aromatic heterocycles. The number of ether oxygens (including phenoxy) is 2. The maximum Gasteiger partial charge on any atom is 0.348 e. The number of nitrogens with zero attached hydrogens (tertiary/aromatic N) is 4. The van der Waals surface area contributed by atoms with Gasteiger partial charge in [0.25, 0.3) is 5.91 Å². The van der Waals surface area contributed by atoms with E-state index in [2.05, 4.69) is 34.9 Å². The zero-order valence-corrected chi connectivity index (χ0v) is 26.4. The molecule has 1 amide bonds. The zero-order chi connectivity index (χ0) is 29.2. The number of methoxy groups -OCH3 is 1. The molecule has 4 rings (SSSR count). The number of H-pyrrole nitrogens is 1. The number of halogens is 2. The number of aryl methyl sites for hydroxylation is 1. The first-order valence-electron chi connectivity index (χ1n) is 12.8. The summed E-state index contributed by atoms with van der Waals surface area (Å²) in [7, 11) is 0.343. The Labute approximate surface area is 247 Å². The highest BCUT2D eigenvalue weighted by Crippen LogP contribution is 2.35. The average Bonchev–Trinajstić information content (AvgIpc) is 3.61. The van der Waals surface area contributed by atoms with Gasteiger partial charge in [0.15, 0.2) is 11.0 Å². The highest BCUT2D eigenvalue weighted by molar-refractivity contribution is 7.17. The lowest BCUT2D eigenvalue weighted by Crippen LogP contribution is -2.55. The third-order valence-corrected chi connectivity index (χ3v) is 10.4. The molecule has 11 nitrogen and oxygen atoms in total. The molecule has 3 aromatic rings. The van der Waals surface area contributed by atoms with E-state index < -0.39 is 14.0 Å². The van der Waals surface area contributed by atoms with Crippen molar-refractivity contribution in [1.29, 1.82) is 0 Å². The van der Waals surface area contributed by atoms with Gasteiger partial charge in [0.05, 0.1) is 22.2 Å². The van der Waals surface area contributed by atoms with Crippen LogP contribution in [0.3, 0.4) is 0 Å². The zero-order valence-electron chi connectivity index (χ0n) is 23.1. The number of nitrogens with one attached hydrogen (secondary N) is 2. The lowest BCUT2D eigenvalue weighted by atomic mass is 10.0. The van der Waals surface area contributed by atoms with Gasteiger partial charge in [-0.25, -0.2) is 14.8 Å². The summed E-state index contributed by atoms with van der Waals surface area (Å²) in [6, 6.07) is 0.735. The van der Waals surface area contributed by atoms with Crippen LogP contribution in [0.2, 0.25) is 35.7 Å². The molecular formula is C25H34Cl2N6O5SSi. The number of carbonyl (C=O) groups is 2. The molecule has 1 fully saturated rings. The number of amides is 1. The lowest BCUT2D eigenvalue weighted by Gasteiger charge is -2.37. The van der Waals surface area contributed by atoms with Crippen molar-refractivity contribution in [3.05, 3.63) is 38.7 Å². The molecule has 1 aliphatic rings. The molecule has 0 radical (unpaired) electrons. The maximum atomic E-state index is 12.9. The number of carbonyl (C=O) groups excluding carboxylic acids is 1. The van der Waals surface area contributed by atoms with Gasteiger partial charge in [-0.15, -0.1) is 0 Å². The largest absolute Gasteiger partial charge is 0.477 e. The summed E-state index contributed by atoms with van der Waals surface area (Å²) >= 11 is 13.4. The van der Waals surface area contributed by atoms with Gasteiger partial charge in [0, 0.05) is 53.0 Å². The van der Waals surface area contributed by atoms with Crippen molar-refractivity contribution < 1.29 is 24.2 Å². The van der Waals surface area contributed by atoms with E-state index in [4.69, 9.17) is 37.7 Å². The SMILES string of the molecule is CO[C@H]1CN(c2nc(-c3nccn3COCC[Si](C)(C)C)c(C(=O)O)s2)CC[C@H]1NC(=O)c1[nH]c(C)c(Cl)c1Cl. The predicted molar refractivity (Wildman–Crippen MR) is 159 cm³/mol. The molecular weight excluding hydrogens is 595 g/mol. The molecule has 0 bridgehead atoms. The van der Waals surface area contributed by atoms with Crippen molar-refractivity contribution in [2.75, 3.05) is 31.7 Å². The number of hydrogen-bond donors (Lipinski definition) is 3. The van der Waals surface area contributed by atoms with Crippen molar-refractivity contribution in [2.45, 2.75) is 57.9 Å². The number of carboxylic acid groups (broad SMARTS) is 1. The molecule has 0 aromatic carbocycles. The van der Waals surface area contributed by atoms with E-state index in [0.29, 0.717) is 53.5 Å². The number of imidazole rings is 1. The van der Waals surface area contributed by atoms with Gasteiger partial charge in [-0.3, -0.25) is 4.79 Å². The van der Waals surface area contributed by atoms with Gasteiger partial charge < -0.3 is 34.3 Å². The van der Waals surface area contributed by atoms with E-state index >= 15 is 0 Å². The Morgan fingerprint density at radius 2 is 2.05 bits per heavy atom. The summed E-state index contributed by atoms with van der Waals surface area (Å²) < 4.78 is 13.3. The second-order valence-corrected chi connectivity index (χ2v) is 18.2. The number of aromatic nitrogens is 4. The van der Waals surface area contributed by atoms with E-state index in [9.17, 15) is 14.7 Å². The normalized spacial score (nSPS) is 17.8. The van der Waals surface area contributed by atoms with Crippen LogP contribution in [0, 0.1) is 6.92 Å². The molecule has 0 spiro atoms. The fourth-order valence-corrected chi connectivity index (χ4v) is 6.48. The summed E-state index contributed by atoms with van der Waals surface area (Å²) in [5, 5.41) is 14.0. The molecule has 2 atom stereocenters. The van der Waals surface area contributed by atoms with Gasteiger partial charge in [-0.1, -0.05) is 54.2 Å². The van der Waals surface area contributed by atoms with Crippen molar-refractivity contribution in [2.24, 2.45) is 0 Å². The van der Waals surface area contributed by atoms with Crippen LogP contribution in [0.25, 0.3) is 11.5 Å². The van der Waals surface area contributed by atoms with Crippen LogP contribution >= 0.6 is 34.5 Å². The van der Waals surface area contributed by atoms with Crippen molar-refractivity contribution >= 4 is 59.6 Å². The van der Waals surface area contributed by atoms with Crippen molar-refractivity contribution in [3.8, 4) is 11.5 Å². The van der Waals surface area contributed by atoms with Crippen LogP contribution in [0.5, 0.6) is 0 Å². The maximum absolute atomic E-state index is 12.9. The summed E-state index contributed by atoms with van der Waals surface area (Å²) in [6.45, 7) is 10.4. The van der Waals surface area contributed by atoms with E-state index in [1.54, 1.807) is 31.0 Å². The Hall–Kier alpha value is -2.42. The highest BCUT2D eigenvalue weighted by Gasteiger charge is 2.34. The Morgan fingerprint density at radius 3 is 2.67 bits per heavy atom. The molecule has 1 aliphatic heterocycles. The number of thiazole rings is 1. The number of anilines is 1. The lowest BCUT2D eigenvalue weighted by molar-refractivity contribution is 0.0540. The van der Waals surface area contributed by atoms with Gasteiger partial charge in [0.1, 0.15) is 23.0 Å². The van der Waals surface area contributed by atoms with E-state index in [-0.39, 0.29) is 40.4 Å². The molecule has 4 heterocycles. The Balaban J connectivity index is 1.48. The molecule has 218 valence electrons. The molecule has 0 unspecified atom stereocenters. The first-order valence-corrected chi connectivity index (χ1v) is 18.1. The predicted octanol–water partition coefficient (Wildman–Crippen LogP) is 4.98. The quantitative estimate of drug-likeness (QED) is 0.200. The third kappa shape index (κ3) is 6.89. The van der Waals surface area contributed by atoms with Crippen LogP contribution in [0.1, 0.15) is 32.3 Å². The molecule has 1 saturated heterocycles. The minimum Gasteiger partial charge on any atom is -0.477 e. The smallest absolute Gasteiger partial charge is 0.348 e. The molecule has 40 heavy (non-hydrogen) atoms. The molecule has 3 N–H and O–H groups in total. The van der Waals surface area contributed by atoms with Crippen LogP contribution in [0.4, 0.5) is 5.13 Å². The number of rotatable bonds is 11. The first kappa shape index (κ1) is 30.5. The number of piperidine rings is 1.